The number of carbonyl (C=O) groups is 2. The van der Waals surface area contributed by atoms with Crippen LogP contribution in [-0.2, 0) is 16.1 Å². The molecule has 0 bridgehead atoms. The van der Waals surface area contributed by atoms with Crippen LogP contribution in [0.3, 0.4) is 0 Å². The lowest BCUT2D eigenvalue weighted by molar-refractivity contribution is -0.134. The maximum atomic E-state index is 12.6. The normalized spacial score (nSPS) is 18.8. The van der Waals surface area contributed by atoms with E-state index in [9.17, 15) is 9.59 Å². The van der Waals surface area contributed by atoms with Gasteiger partial charge in [-0.15, -0.1) is 0 Å². The van der Waals surface area contributed by atoms with Crippen molar-refractivity contribution >= 4 is 12.0 Å². The molecule has 1 aliphatic heterocycles. The van der Waals surface area contributed by atoms with E-state index in [0.29, 0.717) is 13.1 Å². The quantitative estimate of drug-likeness (QED) is 0.887. The van der Waals surface area contributed by atoms with Gasteiger partial charge >= 0.3 is 6.09 Å². The van der Waals surface area contributed by atoms with Crippen LogP contribution in [-0.4, -0.2) is 53.0 Å². The number of ether oxygens (including phenoxy) is 1. The molecule has 1 fully saturated rings. The monoisotopic (exact) mass is 347 g/mol. The molecule has 0 saturated carbocycles. The highest BCUT2D eigenvalue weighted by Crippen LogP contribution is 2.20. The third-order valence-electron chi connectivity index (χ3n) is 4.46. The van der Waals surface area contributed by atoms with Crippen LogP contribution in [0.2, 0.25) is 0 Å². The predicted molar refractivity (Wildman–Crippen MR) is 96.9 cm³/mol. The summed E-state index contributed by atoms with van der Waals surface area (Å²) in [6, 6.07) is 9.06. The molecule has 1 heterocycles. The summed E-state index contributed by atoms with van der Waals surface area (Å²) < 4.78 is 5.51. The van der Waals surface area contributed by atoms with Crippen LogP contribution in [0.1, 0.15) is 39.2 Å². The second-order valence-electron chi connectivity index (χ2n) is 6.91. The summed E-state index contributed by atoms with van der Waals surface area (Å²) in [5.41, 5.74) is 6.68. The molecule has 2 N–H and O–H groups in total. The number of benzene rings is 1. The molecule has 2 amide bonds. The summed E-state index contributed by atoms with van der Waals surface area (Å²) in [6.07, 6.45) is 1.39. The Morgan fingerprint density at radius 1 is 1.28 bits per heavy atom. The SMILES string of the molecule is CC(C)N(C(=O)OCc1ccccc1)[C@H]1CCCN(C(=O)[C@H](C)N)C1. The van der Waals surface area contributed by atoms with E-state index in [0.717, 1.165) is 18.4 Å². The largest absolute Gasteiger partial charge is 0.445 e. The van der Waals surface area contributed by atoms with Crippen molar-refractivity contribution in [2.24, 2.45) is 5.73 Å². The minimum absolute atomic E-state index is 0.00127. The molecule has 25 heavy (non-hydrogen) atoms. The Morgan fingerprint density at radius 3 is 2.56 bits per heavy atom. The second-order valence-corrected chi connectivity index (χ2v) is 6.91. The van der Waals surface area contributed by atoms with Crippen molar-refractivity contribution in [3.63, 3.8) is 0 Å². The van der Waals surface area contributed by atoms with E-state index >= 15 is 0 Å². The predicted octanol–water partition coefficient (Wildman–Crippen LogP) is 2.37. The van der Waals surface area contributed by atoms with Gasteiger partial charge in [0.15, 0.2) is 0 Å². The van der Waals surface area contributed by atoms with E-state index < -0.39 is 6.04 Å². The first-order chi connectivity index (χ1) is 11.9. The lowest BCUT2D eigenvalue weighted by Crippen LogP contribution is -2.56. The summed E-state index contributed by atoms with van der Waals surface area (Å²) >= 11 is 0. The number of nitrogens with zero attached hydrogens (tertiary/aromatic N) is 2. The number of hydrogen-bond donors (Lipinski definition) is 1. The maximum Gasteiger partial charge on any atom is 0.410 e. The van der Waals surface area contributed by atoms with Gasteiger partial charge in [0, 0.05) is 19.1 Å². The summed E-state index contributed by atoms with van der Waals surface area (Å²) in [6.45, 7) is 7.09. The zero-order valence-corrected chi connectivity index (χ0v) is 15.4. The Hall–Kier alpha value is -2.08. The Balaban J connectivity index is 2.01. The van der Waals surface area contributed by atoms with E-state index in [1.54, 1.807) is 16.7 Å². The van der Waals surface area contributed by atoms with Crippen molar-refractivity contribution in [1.29, 1.82) is 0 Å². The molecule has 0 aromatic heterocycles. The van der Waals surface area contributed by atoms with Crippen molar-refractivity contribution < 1.29 is 14.3 Å². The molecule has 0 aliphatic carbocycles. The van der Waals surface area contributed by atoms with E-state index in [1.807, 2.05) is 44.2 Å². The fourth-order valence-corrected chi connectivity index (χ4v) is 3.25. The summed E-state index contributed by atoms with van der Waals surface area (Å²) in [5.74, 6) is -0.0638. The summed E-state index contributed by atoms with van der Waals surface area (Å²) in [5, 5.41) is 0. The van der Waals surface area contributed by atoms with Gasteiger partial charge in [-0.05, 0) is 39.2 Å². The average molecular weight is 347 g/mol. The molecule has 138 valence electrons. The van der Waals surface area contributed by atoms with E-state index in [4.69, 9.17) is 10.5 Å². The van der Waals surface area contributed by atoms with Crippen molar-refractivity contribution in [2.45, 2.75) is 58.3 Å². The third kappa shape index (κ3) is 5.19. The highest BCUT2D eigenvalue weighted by molar-refractivity contribution is 5.81. The first kappa shape index (κ1) is 19.2. The average Bonchev–Trinajstić information content (AvgIpc) is 2.60. The van der Waals surface area contributed by atoms with Crippen molar-refractivity contribution in [1.82, 2.24) is 9.80 Å². The highest BCUT2D eigenvalue weighted by atomic mass is 16.6. The Labute approximate surface area is 149 Å². The first-order valence-electron chi connectivity index (χ1n) is 8.93. The second kappa shape index (κ2) is 8.85. The first-order valence-corrected chi connectivity index (χ1v) is 8.93. The highest BCUT2D eigenvalue weighted by Gasteiger charge is 2.33. The summed E-state index contributed by atoms with van der Waals surface area (Å²) in [7, 11) is 0. The Morgan fingerprint density at radius 2 is 1.96 bits per heavy atom. The standard InChI is InChI=1S/C19H29N3O3/c1-14(2)22(19(24)25-13-16-8-5-4-6-9-16)17-10-7-11-21(12-17)18(23)15(3)20/h4-6,8-9,14-15,17H,7,10-13,20H2,1-3H3/t15-,17-/m0/s1. The number of likely N-dealkylation sites (tertiary alicyclic amines) is 1. The van der Waals surface area contributed by atoms with Crippen LogP contribution in [0.5, 0.6) is 0 Å². The van der Waals surface area contributed by atoms with Crippen molar-refractivity contribution in [3.05, 3.63) is 35.9 Å². The molecule has 1 aromatic carbocycles. The zero-order valence-electron chi connectivity index (χ0n) is 15.4. The molecule has 1 aromatic rings. The molecule has 0 radical (unpaired) electrons. The fourth-order valence-electron chi connectivity index (χ4n) is 3.25. The zero-order chi connectivity index (χ0) is 18.4. The minimum atomic E-state index is -0.517. The smallest absolute Gasteiger partial charge is 0.410 e. The minimum Gasteiger partial charge on any atom is -0.445 e. The van der Waals surface area contributed by atoms with Gasteiger partial charge in [-0.1, -0.05) is 30.3 Å². The molecular formula is C19H29N3O3. The van der Waals surface area contributed by atoms with Crippen LogP contribution in [0.15, 0.2) is 30.3 Å². The van der Waals surface area contributed by atoms with Crippen LogP contribution >= 0.6 is 0 Å². The van der Waals surface area contributed by atoms with Gasteiger partial charge in [0.05, 0.1) is 12.1 Å². The molecule has 2 rings (SSSR count). The molecule has 1 saturated heterocycles. The van der Waals surface area contributed by atoms with Gasteiger partial charge in [0.2, 0.25) is 5.91 Å². The van der Waals surface area contributed by atoms with E-state index in [-0.39, 0.29) is 30.7 Å². The van der Waals surface area contributed by atoms with Crippen molar-refractivity contribution in [2.75, 3.05) is 13.1 Å². The third-order valence-corrected chi connectivity index (χ3v) is 4.46. The molecule has 0 unspecified atom stereocenters. The number of amides is 2. The van der Waals surface area contributed by atoms with Gasteiger partial charge < -0.3 is 20.3 Å². The van der Waals surface area contributed by atoms with Crippen molar-refractivity contribution in [3.8, 4) is 0 Å². The van der Waals surface area contributed by atoms with Gasteiger partial charge in [0.1, 0.15) is 6.61 Å². The van der Waals surface area contributed by atoms with E-state index in [1.165, 1.54) is 0 Å². The number of carbonyl (C=O) groups excluding carboxylic acids is 2. The molecule has 6 heteroatoms. The number of rotatable bonds is 5. The number of nitrogens with two attached hydrogens (primary N) is 1. The molecule has 0 spiro atoms. The Kier molecular flexibility index (Phi) is 6.82. The fraction of sp³-hybridized carbons (Fsp3) is 0.579. The van der Waals surface area contributed by atoms with Gasteiger partial charge in [-0.2, -0.15) is 0 Å². The molecule has 6 nitrogen and oxygen atoms in total. The summed E-state index contributed by atoms with van der Waals surface area (Å²) in [4.78, 5) is 28.3. The van der Waals surface area contributed by atoms with Gasteiger partial charge in [-0.3, -0.25) is 4.79 Å². The van der Waals surface area contributed by atoms with Gasteiger partial charge in [0.25, 0.3) is 0 Å². The van der Waals surface area contributed by atoms with Gasteiger partial charge in [-0.25, -0.2) is 4.79 Å². The lowest BCUT2D eigenvalue weighted by Gasteiger charge is -2.41. The van der Waals surface area contributed by atoms with E-state index in [2.05, 4.69) is 0 Å². The van der Waals surface area contributed by atoms with Crippen LogP contribution in [0, 0.1) is 0 Å². The number of piperidine rings is 1. The van der Waals surface area contributed by atoms with Crippen LogP contribution < -0.4 is 5.73 Å². The van der Waals surface area contributed by atoms with Crippen LogP contribution in [0.25, 0.3) is 0 Å². The Bertz CT molecular complexity index is 575. The molecule has 1 aliphatic rings. The van der Waals surface area contributed by atoms with Crippen LogP contribution in [0.4, 0.5) is 4.79 Å². The lowest BCUT2D eigenvalue weighted by atomic mass is 10.0. The maximum absolute atomic E-state index is 12.6. The molecular weight excluding hydrogens is 318 g/mol. The topological polar surface area (TPSA) is 75.9 Å². The molecule has 2 atom stereocenters. The number of hydrogen-bond acceptors (Lipinski definition) is 4.